The SMILES string of the molecule is c1ccc(-c2ccc(-c3ccc(N(c4ccc(-c5ccc(-c6cccc7ccccc67)cc5)cc4)c4cccc(-c5cccc6ccccc56)c4)cc3)cc2-c2ccccc2)cc1. The van der Waals surface area contributed by atoms with E-state index in [-0.39, 0.29) is 0 Å². The van der Waals surface area contributed by atoms with E-state index in [4.69, 9.17) is 0 Å². The maximum absolute atomic E-state index is 2.37. The zero-order valence-corrected chi connectivity index (χ0v) is 34.8. The van der Waals surface area contributed by atoms with Crippen molar-refractivity contribution in [2.75, 3.05) is 4.90 Å². The smallest absolute Gasteiger partial charge is 0.0467 e. The quantitative estimate of drug-likeness (QED) is 0.141. The van der Waals surface area contributed by atoms with E-state index in [0.717, 1.165) is 17.1 Å². The van der Waals surface area contributed by atoms with Gasteiger partial charge in [-0.25, -0.2) is 0 Å². The molecule has 0 amide bonds. The Morgan fingerprint density at radius 2 is 0.587 bits per heavy atom. The molecule has 0 aliphatic rings. The minimum atomic E-state index is 1.09. The van der Waals surface area contributed by atoms with Crippen molar-refractivity contribution in [3.05, 3.63) is 261 Å². The van der Waals surface area contributed by atoms with Gasteiger partial charge in [-0.05, 0) is 131 Å². The maximum Gasteiger partial charge on any atom is 0.0467 e. The topological polar surface area (TPSA) is 3.24 Å². The molecule has 0 aliphatic heterocycles. The van der Waals surface area contributed by atoms with Crippen LogP contribution in [0, 0.1) is 0 Å². The minimum Gasteiger partial charge on any atom is -0.310 e. The summed E-state index contributed by atoms with van der Waals surface area (Å²) in [4.78, 5) is 2.37. The van der Waals surface area contributed by atoms with Gasteiger partial charge in [-0.2, -0.15) is 0 Å². The number of benzene rings is 11. The molecule has 1 heteroatoms. The van der Waals surface area contributed by atoms with Gasteiger partial charge in [-0.15, -0.1) is 0 Å². The lowest BCUT2D eigenvalue weighted by Gasteiger charge is -2.26. The van der Waals surface area contributed by atoms with Gasteiger partial charge in [0.05, 0.1) is 0 Å². The predicted octanol–water partition coefficient (Wildman–Crippen LogP) is 17.5. The summed E-state index contributed by atoms with van der Waals surface area (Å²) >= 11 is 0. The molecular formula is C62H43N. The third-order valence-corrected chi connectivity index (χ3v) is 12.3. The summed E-state index contributed by atoms with van der Waals surface area (Å²) in [6, 6.07) is 94.6. The first-order chi connectivity index (χ1) is 31.2. The number of anilines is 3. The molecule has 0 saturated carbocycles. The molecule has 0 atom stereocenters. The first-order valence-electron chi connectivity index (χ1n) is 21.7. The number of rotatable bonds is 9. The van der Waals surface area contributed by atoms with Crippen molar-refractivity contribution >= 4 is 38.6 Å². The molecule has 0 heterocycles. The zero-order chi connectivity index (χ0) is 42.0. The van der Waals surface area contributed by atoms with Gasteiger partial charge in [-0.3, -0.25) is 0 Å². The standard InChI is InChI=1S/C62H43N/c1-3-14-47(15-4-1)61-41-36-52(43-62(61)50-16-5-2-6-17-50)46-34-39-55(40-35-46)63(56-23-11-22-53(42-56)60-27-13-21-49-19-8-10-25-58(49)60)54-37-32-45(33-38-54)44-28-30-51(31-29-44)59-26-12-20-48-18-7-9-24-57(48)59/h1-43H. The van der Waals surface area contributed by atoms with E-state index in [2.05, 4.69) is 266 Å². The second-order valence-corrected chi connectivity index (χ2v) is 16.1. The highest BCUT2D eigenvalue weighted by molar-refractivity contribution is 5.98. The summed E-state index contributed by atoms with van der Waals surface area (Å²) in [5, 5.41) is 5.01. The fraction of sp³-hybridized carbons (Fsp3) is 0. The molecule has 0 saturated heterocycles. The summed E-state index contributed by atoms with van der Waals surface area (Å²) in [5.74, 6) is 0. The van der Waals surface area contributed by atoms with Gasteiger partial charge in [0.25, 0.3) is 0 Å². The fourth-order valence-corrected chi connectivity index (χ4v) is 9.11. The third kappa shape index (κ3) is 7.47. The van der Waals surface area contributed by atoms with Crippen molar-refractivity contribution in [3.8, 4) is 66.8 Å². The molecular weight excluding hydrogens is 759 g/mol. The first kappa shape index (κ1) is 37.7. The maximum atomic E-state index is 2.37. The van der Waals surface area contributed by atoms with Crippen LogP contribution in [0.2, 0.25) is 0 Å². The average Bonchev–Trinajstić information content (AvgIpc) is 3.37. The molecule has 296 valence electrons. The fourth-order valence-electron chi connectivity index (χ4n) is 9.11. The van der Waals surface area contributed by atoms with Gasteiger partial charge in [0.15, 0.2) is 0 Å². The molecule has 0 aromatic heterocycles. The lowest BCUT2D eigenvalue weighted by Crippen LogP contribution is -2.10. The highest BCUT2D eigenvalue weighted by atomic mass is 15.1. The van der Waals surface area contributed by atoms with Gasteiger partial charge in [0, 0.05) is 17.1 Å². The Morgan fingerprint density at radius 1 is 0.190 bits per heavy atom. The van der Waals surface area contributed by atoms with Gasteiger partial charge in [-0.1, -0.05) is 218 Å². The number of hydrogen-bond donors (Lipinski definition) is 0. The van der Waals surface area contributed by atoms with Crippen LogP contribution in [0.1, 0.15) is 0 Å². The second-order valence-electron chi connectivity index (χ2n) is 16.1. The van der Waals surface area contributed by atoms with Crippen LogP contribution in [0.4, 0.5) is 17.1 Å². The van der Waals surface area contributed by atoms with Crippen molar-refractivity contribution in [2.24, 2.45) is 0 Å². The zero-order valence-electron chi connectivity index (χ0n) is 34.8. The van der Waals surface area contributed by atoms with Crippen LogP contribution in [0.3, 0.4) is 0 Å². The van der Waals surface area contributed by atoms with Crippen LogP contribution in [-0.2, 0) is 0 Å². The molecule has 11 aromatic carbocycles. The van der Waals surface area contributed by atoms with Crippen molar-refractivity contribution in [2.45, 2.75) is 0 Å². The Hall–Kier alpha value is -8.26. The van der Waals surface area contributed by atoms with E-state index in [1.165, 1.54) is 88.3 Å². The Labute approximate surface area is 369 Å². The molecule has 1 nitrogen and oxygen atoms in total. The third-order valence-electron chi connectivity index (χ3n) is 12.3. The number of fused-ring (bicyclic) bond motifs is 2. The van der Waals surface area contributed by atoms with Crippen LogP contribution < -0.4 is 4.90 Å². The lowest BCUT2D eigenvalue weighted by molar-refractivity contribution is 1.28. The van der Waals surface area contributed by atoms with Gasteiger partial charge in [0.2, 0.25) is 0 Å². The normalized spacial score (nSPS) is 11.2. The minimum absolute atomic E-state index is 1.09. The first-order valence-corrected chi connectivity index (χ1v) is 21.7. The molecule has 0 unspecified atom stereocenters. The summed E-state index contributed by atoms with van der Waals surface area (Å²) in [6.07, 6.45) is 0. The van der Waals surface area contributed by atoms with Crippen molar-refractivity contribution in [1.29, 1.82) is 0 Å². The summed E-state index contributed by atoms with van der Waals surface area (Å²) in [7, 11) is 0. The van der Waals surface area contributed by atoms with Crippen molar-refractivity contribution in [3.63, 3.8) is 0 Å². The van der Waals surface area contributed by atoms with E-state index in [9.17, 15) is 0 Å². The Balaban J connectivity index is 0.967. The van der Waals surface area contributed by atoms with E-state index in [0.29, 0.717) is 0 Å². The molecule has 0 bridgehead atoms. The molecule has 63 heavy (non-hydrogen) atoms. The van der Waals surface area contributed by atoms with Crippen molar-refractivity contribution in [1.82, 2.24) is 0 Å². The summed E-state index contributed by atoms with van der Waals surface area (Å²) in [6.45, 7) is 0. The molecule has 11 rings (SSSR count). The Morgan fingerprint density at radius 3 is 1.17 bits per heavy atom. The summed E-state index contributed by atoms with van der Waals surface area (Å²) < 4.78 is 0. The van der Waals surface area contributed by atoms with Gasteiger partial charge < -0.3 is 4.90 Å². The lowest BCUT2D eigenvalue weighted by atomic mass is 9.91. The largest absolute Gasteiger partial charge is 0.310 e. The van der Waals surface area contributed by atoms with Gasteiger partial charge in [0.1, 0.15) is 0 Å². The van der Waals surface area contributed by atoms with Crippen LogP contribution in [0.5, 0.6) is 0 Å². The molecule has 0 spiro atoms. The average molecular weight is 802 g/mol. The number of nitrogens with zero attached hydrogens (tertiary/aromatic N) is 1. The number of hydrogen-bond acceptors (Lipinski definition) is 1. The van der Waals surface area contributed by atoms with Crippen LogP contribution >= 0.6 is 0 Å². The van der Waals surface area contributed by atoms with E-state index in [1.807, 2.05) is 0 Å². The second kappa shape index (κ2) is 16.7. The van der Waals surface area contributed by atoms with E-state index < -0.39 is 0 Å². The van der Waals surface area contributed by atoms with Gasteiger partial charge >= 0.3 is 0 Å². The molecule has 0 fully saturated rings. The summed E-state index contributed by atoms with van der Waals surface area (Å²) in [5.41, 5.74) is 17.7. The van der Waals surface area contributed by atoms with E-state index >= 15 is 0 Å². The van der Waals surface area contributed by atoms with Crippen LogP contribution in [0.15, 0.2) is 261 Å². The van der Waals surface area contributed by atoms with Crippen LogP contribution in [0.25, 0.3) is 88.3 Å². The highest BCUT2D eigenvalue weighted by Gasteiger charge is 2.16. The monoisotopic (exact) mass is 801 g/mol. The molecule has 0 aliphatic carbocycles. The van der Waals surface area contributed by atoms with Crippen LogP contribution in [-0.4, -0.2) is 0 Å². The predicted molar refractivity (Wildman–Crippen MR) is 269 cm³/mol. The van der Waals surface area contributed by atoms with Crippen molar-refractivity contribution < 1.29 is 0 Å². The Bertz CT molecular complexity index is 3340. The Kier molecular flexibility index (Phi) is 9.97. The molecule has 0 N–H and O–H groups in total. The van der Waals surface area contributed by atoms with E-state index in [1.54, 1.807) is 0 Å². The highest BCUT2D eigenvalue weighted by Crippen LogP contribution is 2.41. The molecule has 0 radical (unpaired) electrons. The molecule has 11 aromatic rings.